The zero-order valence-electron chi connectivity index (χ0n) is 5.01. The van der Waals surface area contributed by atoms with E-state index in [4.69, 9.17) is 0 Å². The summed E-state index contributed by atoms with van der Waals surface area (Å²) in [7, 11) is 1.22. The first-order chi connectivity index (χ1) is 4.26. The minimum atomic E-state index is -0.549. The molecule has 0 unspecified atom stereocenters. The highest BCUT2D eigenvalue weighted by Gasteiger charge is 2.03. The van der Waals surface area contributed by atoms with Crippen molar-refractivity contribution in [3.63, 3.8) is 0 Å². The van der Waals surface area contributed by atoms with Crippen LogP contribution in [0.15, 0.2) is 18.4 Å². The van der Waals surface area contributed by atoms with E-state index in [0.29, 0.717) is 0 Å². The van der Waals surface area contributed by atoms with Crippen molar-refractivity contribution >= 4 is 11.7 Å². The molecular weight excluding hydrogens is 120 g/mol. The number of methoxy groups -OCH3 is 1. The normalized spacial score (nSPS) is 7.22. The monoisotopic (exact) mass is 126 g/mol. The summed E-state index contributed by atoms with van der Waals surface area (Å²) in [5.74, 6) is 0.435. The smallest absolute Gasteiger partial charge is 0.251 e. The lowest BCUT2D eigenvalue weighted by molar-refractivity contribution is -0.113. The lowest BCUT2D eigenvalue weighted by Crippen LogP contribution is -2.00. The van der Waals surface area contributed by atoms with Crippen molar-refractivity contribution in [1.82, 2.24) is 0 Å². The summed E-state index contributed by atoms with van der Waals surface area (Å²) >= 11 is 0. The van der Waals surface area contributed by atoms with Gasteiger partial charge in [0.1, 0.15) is 0 Å². The van der Waals surface area contributed by atoms with E-state index in [1.54, 1.807) is 0 Å². The number of hydrogen-bond donors (Lipinski definition) is 0. The molecule has 0 aromatic heterocycles. The van der Waals surface area contributed by atoms with Crippen LogP contribution in [0.2, 0.25) is 0 Å². The maximum Gasteiger partial charge on any atom is 0.251 e. The Bertz CT molecular complexity index is 175. The van der Waals surface area contributed by atoms with Gasteiger partial charge in [-0.3, -0.25) is 4.79 Å². The molecule has 0 aliphatic carbocycles. The number of allylic oxidation sites excluding steroid dienone is 1. The Morgan fingerprint density at radius 2 is 2.33 bits per heavy atom. The molecule has 0 aromatic carbocycles. The molecular formula is C6H6O3. The van der Waals surface area contributed by atoms with Crippen molar-refractivity contribution in [3.8, 4) is 0 Å². The van der Waals surface area contributed by atoms with Crippen LogP contribution in [-0.2, 0) is 14.3 Å². The highest BCUT2D eigenvalue weighted by molar-refractivity contribution is 6.07. The summed E-state index contributed by atoms with van der Waals surface area (Å²) in [6.07, 6.45) is 0.990. The fraction of sp³-hybridized carbons (Fsp3) is 0.167. The van der Waals surface area contributed by atoms with Crippen LogP contribution in [0.5, 0.6) is 0 Å². The summed E-state index contributed by atoms with van der Waals surface area (Å²) in [5, 5.41) is 0. The molecule has 0 spiro atoms. The predicted molar refractivity (Wildman–Crippen MR) is 31.4 cm³/mol. The lowest BCUT2D eigenvalue weighted by Gasteiger charge is -1.92. The number of hydrogen-bond acceptors (Lipinski definition) is 3. The third kappa shape index (κ3) is 1.93. The van der Waals surface area contributed by atoms with Crippen LogP contribution in [0.1, 0.15) is 0 Å². The second-order valence-electron chi connectivity index (χ2n) is 1.20. The van der Waals surface area contributed by atoms with Gasteiger partial charge in [-0.15, -0.1) is 0 Å². The molecule has 0 saturated carbocycles. The summed E-state index contributed by atoms with van der Waals surface area (Å²) in [4.78, 5) is 20.2. The maximum absolute atomic E-state index is 10.4. The predicted octanol–water partition coefficient (Wildman–Crippen LogP) is 0.103. The van der Waals surface area contributed by atoms with E-state index in [-0.39, 0.29) is 5.76 Å². The molecule has 0 amide bonds. The Morgan fingerprint density at radius 3 is 2.44 bits per heavy atom. The molecule has 0 aliphatic heterocycles. The average molecular weight is 126 g/mol. The largest absolute Gasteiger partial charge is 0.484 e. The second-order valence-corrected chi connectivity index (χ2v) is 1.20. The van der Waals surface area contributed by atoms with Gasteiger partial charge in [0.15, 0.2) is 5.94 Å². The van der Waals surface area contributed by atoms with Crippen LogP contribution in [0.4, 0.5) is 0 Å². The van der Waals surface area contributed by atoms with Gasteiger partial charge in [-0.05, 0) is 6.08 Å². The van der Waals surface area contributed by atoms with Crippen molar-refractivity contribution in [2.75, 3.05) is 7.11 Å². The zero-order chi connectivity index (χ0) is 7.28. The van der Waals surface area contributed by atoms with Gasteiger partial charge < -0.3 is 4.74 Å². The van der Waals surface area contributed by atoms with E-state index in [1.165, 1.54) is 13.1 Å². The second kappa shape index (κ2) is 3.64. The van der Waals surface area contributed by atoms with Crippen molar-refractivity contribution in [1.29, 1.82) is 0 Å². The first kappa shape index (κ1) is 7.66. The van der Waals surface area contributed by atoms with Crippen molar-refractivity contribution < 1.29 is 14.3 Å². The molecule has 3 nitrogen and oxygen atoms in total. The van der Waals surface area contributed by atoms with Gasteiger partial charge in [0.05, 0.1) is 7.11 Å². The van der Waals surface area contributed by atoms with E-state index in [1.807, 2.05) is 0 Å². The fourth-order valence-corrected chi connectivity index (χ4v) is 0.285. The molecule has 0 radical (unpaired) electrons. The van der Waals surface area contributed by atoms with E-state index < -0.39 is 5.78 Å². The maximum atomic E-state index is 10.4. The standard InChI is InChI=1S/C6H6O3/c1-3-5(8)6(4-7)9-2/h3H,1H2,2H3. The Morgan fingerprint density at radius 1 is 1.78 bits per heavy atom. The van der Waals surface area contributed by atoms with Gasteiger partial charge in [0.2, 0.25) is 5.78 Å². The third-order valence-corrected chi connectivity index (χ3v) is 0.706. The van der Waals surface area contributed by atoms with Gasteiger partial charge in [0, 0.05) is 0 Å². The molecule has 3 heteroatoms. The summed E-state index contributed by atoms with van der Waals surface area (Å²) < 4.78 is 4.32. The SMILES string of the molecule is C=CC(=O)C(=C=O)OC. The average Bonchev–Trinajstić information content (AvgIpc) is 1.90. The van der Waals surface area contributed by atoms with Gasteiger partial charge in [-0.25, -0.2) is 4.79 Å². The Hall–Kier alpha value is -1.34. The van der Waals surface area contributed by atoms with E-state index in [2.05, 4.69) is 11.3 Å². The van der Waals surface area contributed by atoms with E-state index >= 15 is 0 Å². The van der Waals surface area contributed by atoms with Crippen LogP contribution in [0.3, 0.4) is 0 Å². The molecule has 0 aliphatic rings. The van der Waals surface area contributed by atoms with Crippen LogP contribution >= 0.6 is 0 Å². The van der Waals surface area contributed by atoms with Crippen LogP contribution < -0.4 is 0 Å². The molecule has 0 atom stereocenters. The summed E-state index contributed by atoms with van der Waals surface area (Å²) in [6.45, 7) is 3.15. The molecule has 0 fully saturated rings. The molecule has 48 valence electrons. The fourth-order valence-electron chi connectivity index (χ4n) is 0.285. The molecule has 0 heterocycles. The number of ketones is 1. The highest BCUT2D eigenvalue weighted by Crippen LogP contribution is 1.90. The molecule has 0 rings (SSSR count). The van der Waals surface area contributed by atoms with Gasteiger partial charge in [-0.1, -0.05) is 6.58 Å². The molecule has 0 N–H and O–H groups in total. The Kier molecular flexibility index (Phi) is 3.09. The van der Waals surface area contributed by atoms with Crippen molar-refractivity contribution in [3.05, 3.63) is 18.4 Å². The quantitative estimate of drug-likeness (QED) is 0.306. The Labute approximate surface area is 52.6 Å². The first-order valence-electron chi connectivity index (χ1n) is 2.22. The van der Waals surface area contributed by atoms with Crippen molar-refractivity contribution in [2.45, 2.75) is 0 Å². The minimum absolute atomic E-state index is 0.343. The van der Waals surface area contributed by atoms with Crippen LogP contribution in [0, 0.1) is 0 Å². The highest BCUT2D eigenvalue weighted by atomic mass is 16.5. The molecule has 9 heavy (non-hydrogen) atoms. The Balaban J connectivity index is 4.32. The molecule has 0 aromatic rings. The topological polar surface area (TPSA) is 43.4 Å². The van der Waals surface area contributed by atoms with Crippen molar-refractivity contribution in [2.24, 2.45) is 0 Å². The number of carbonyl (C=O) groups is 1. The van der Waals surface area contributed by atoms with Gasteiger partial charge in [0.25, 0.3) is 5.76 Å². The number of rotatable bonds is 3. The van der Waals surface area contributed by atoms with Gasteiger partial charge >= 0.3 is 0 Å². The van der Waals surface area contributed by atoms with Gasteiger partial charge in [-0.2, -0.15) is 0 Å². The van der Waals surface area contributed by atoms with E-state index in [0.717, 1.165) is 6.08 Å². The molecule has 0 bridgehead atoms. The summed E-state index contributed by atoms with van der Waals surface area (Å²) in [6, 6.07) is 0. The number of ether oxygens (including phenoxy) is 1. The number of carbonyl (C=O) groups excluding carboxylic acids is 2. The third-order valence-electron chi connectivity index (χ3n) is 0.706. The van der Waals surface area contributed by atoms with Crippen LogP contribution in [-0.4, -0.2) is 18.8 Å². The first-order valence-corrected chi connectivity index (χ1v) is 2.22. The summed E-state index contributed by atoms with van der Waals surface area (Å²) in [5.41, 5.74) is 0. The zero-order valence-corrected chi connectivity index (χ0v) is 5.01. The minimum Gasteiger partial charge on any atom is -0.484 e. The van der Waals surface area contributed by atoms with E-state index in [9.17, 15) is 9.59 Å². The lowest BCUT2D eigenvalue weighted by atomic mass is 10.3. The molecule has 0 saturated heterocycles. The van der Waals surface area contributed by atoms with Crippen LogP contribution in [0.25, 0.3) is 0 Å².